The van der Waals surface area contributed by atoms with Gasteiger partial charge in [0.25, 0.3) is 0 Å². The van der Waals surface area contributed by atoms with E-state index in [1.807, 2.05) is 18.9 Å². The summed E-state index contributed by atoms with van der Waals surface area (Å²) in [5, 5.41) is 23.2. The Balaban J connectivity index is 1.50. The van der Waals surface area contributed by atoms with Crippen molar-refractivity contribution in [2.45, 2.75) is 38.8 Å². The molecule has 0 fully saturated rings. The fraction of sp³-hybridized carbons (Fsp3) is 0.550. The number of aryl methyl sites for hydroxylation is 1. The second-order valence-corrected chi connectivity index (χ2v) is 8.48. The first kappa shape index (κ1) is 21.3. The van der Waals surface area contributed by atoms with E-state index in [-0.39, 0.29) is 12.5 Å². The number of carbonyl (C=O) groups is 1. The largest absolute Gasteiger partial charge is 0.383 e. The van der Waals surface area contributed by atoms with E-state index in [0.29, 0.717) is 37.6 Å². The van der Waals surface area contributed by atoms with E-state index in [2.05, 4.69) is 32.2 Å². The number of aromatic nitrogens is 2. The van der Waals surface area contributed by atoms with Crippen LogP contribution in [0.15, 0.2) is 28.8 Å². The van der Waals surface area contributed by atoms with Crippen LogP contribution in [0.1, 0.15) is 36.3 Å². The molecule has 29 heavy (non-hydrogen) atoms. The lowest BCUT2D eigenvalue weighted by Gasteiger charge is -2.27. The third kappa shape index (κ3) is 5.57. The van der Waals surface area contributed by atoms with Crippen molar-refractivity contribution < 1.29 is 9.90 Å². The van der Waals surface area contributed by atoms with Crippen molar-refractivity contribution in [3.63, 3.8) is 0 Å². The first-order valence-electron chi connectivity index (χ1n) is 9.95. The monoisotopic (exact) mass is 418 g/mol. The SMILES string of the molecule is CCNC(=NCC(C)(O)c1cnn(C)c1)NCCC(=O)N1CCc2sccc2C1. The highest BCUT2D eigenvalue weighted by atomic mass is 32.1. The zero-order chi connectivity index (χ0) is 20.9. The first-order chi connectivity index (χ1) is 13.9. The Bertz CT molecular complexity index is 857. The maximum absolute atomic E-state index is 12.6. The Hall–Kier alpha value is -2.39. The third-order valence-electron chi connectivity index (χ3n) is 5.01. The van der Waals surface area contributed by atoms with Gasteiger partial charge in [-0.2, -0.15) is 5.10 Å². The van der Waals surface area contributed by atoms with Gasteiger partial charge in [0.15, 0.2) is 5.96 Å². The van der Waals surface area contributed by atoms with Crippen LogP contribution < -0.4 is 10.6 Å². The molecule has 3 rings (SSSR count). The summed E-state index contributed by atoms with van der Waals surface area (Å²) in [6, 6.07) is 2.11. The second kappa shape index (κ2) is 9.41. The van der Waals surface area contributed by atoms with Crippen LogP contribution in [-0.2, 0) is 30.4 Å². The van der Waals surface area contributed by atoms with Crippen LogP contribution in [0.4, 0.5) is 0 Å². The van der Waals surface area contributed by atoms with Crippen molar-refractivity contribution in [2.75, 3.05) is 26.2 Å². The molecule has 0 bridgehead atoms. The summed E-state index contributed by atoms with van der Waals surface area (Å²) in [6.07, 6.45) is 4.78. The van der Waals surface area contributed by atoms with Gasteiger partial charge >= 0.3 is 0 Å². The molecule has 3 heterocycles. The lowest BCUT2D eigenvalue weighted by molar-refractivity contribution is -0.131. The van der Waals surface area contributed by atoms with Crippen LogP contribution in [0.25, 0.3) is 0 Å². The van der Waals surface area contributed by atoms with E-state index in [1.165, 1.54) is 10.4 Å². The minimum absolute atomic E-state index is 0.146. The smallest absolute Gasteiger partial charge is 0.224 e. The third-order valence-corrected chi connectivity index (χ3v) is 6.03. The summed E-state index contributed by atoms with van der Waals surface area (Å²) in [4.78, 5) is 20.4. The quantitative estimate of drug-likeness (QED) is 0.464. The molecule has 0 radical (unpaired) electrons. The molecule has 8 nitrogen and oxygen atoms in total. The molecule has 1 aliphatic heterocycles. The van der Waals surface area contributed by atoms with E-state index in [0.717, 1.165) is 13.0 Å². The van der Waals surface area contributed by atoms with E-state index < -0.39 is 5.60 Å². The number of hydrogen-bond acceptors (Lipinski definition) is 5. The van der Waals surface area contributed by atoms with Crippen LogP contribution in [0.5, 0.6) is 0 Å². The topological polar surface area (TPSA) is 94.8 Å². The lowest BCUT2D eigenvalue weighted by atomic mass is 10.0. The lowest BCUT2D eigenvalue weighted by Crippen LogP contribution is -2.41. The van der Waals surface area contributed by atoms with Crippen molar-refractivity contribution in [3.8, 4) is 0 Å². The molecule has 1 aliphatic rings. The molecule has 0 aromatic carbocycles. The molecule has 158 valence electrons. The van der Waals surface area contributed by atoms with Crippen LogP contribution >= 0.6 is 11.3 Å². The predicted octanol–water partition coefficient (Wildman–Crippen LogP) is 1.22. The van der Waals surface area contributed by atoms with E-state index >= 15 is 0 Å². The van der Waals surface area contributed by atoms with Crippen molar-refractivity contribution >= 4 is 23.2 Å². The van der Waals surface area contributed by atoms with E-state index in [9.17, 15) is 9.90 Å². The van der Waals surface area contributed by atoms with Gasteiger partial charge in [-0.05, 0) is 37.3 Å². The molecule has 1 atom stereocenters. The number of amides is 1. The standard InChI is InChI=1S/C20H30N6O2S/c1-4-21-19(23-14-20(2,28)16-11-24-25(3)13-16)22-8-5-18(27)26-9-6-17-15(12-26)7-10-29-17/h7,10-11,13,28H,4-6,8-9,12,14H2,1-3H3,(H2,21,22,23). The number of guanidine groups is 1. The number of rotatable bonds is 7. The van der Waals surface area contributed by atoms with Crippen LogP contribution in [0, 0.1) is 0 Å². The first-order valence-corrected chi connectivity index (χ1v) is 10.8. The van der Waals surface area contributed by atoms with Gasteiger partial charge < -0.3 is 20.6 Å². The number of nitrogens with one attached hydrogen (secondary N) is 2. The summed E-state index contributed by atoms with van der Waals surface area (Å²) < 4.78 is 1.65. The van der Waals surface area contributed by atoms with Gasteiger partial charge in [-0.1, -0.05) is 0 Å². The normalized spacial score (nSPS) is 16.3. The molecule has 0 saturated carbocycles. The molecule has 9 heteroatoms. The summed E-state index contributed by atoms with van der Waals surface area (Å²) in [7, 11) is 1.81. The minimum Gasteiger partial charge on any atom is -0.383 e. The van der Waals surface area contributed by atoms with Crippen LogP contribution in [0.2, 0.25) is 0 Å². The highest BCUT2D eigenvalue weighted by molar-refractivity contribution is 7.10. The Morgan fingerprint density at radius 3 is 3.00 bits per heavy atom. The van der Waals surface area contributed by atoms with Crippen molar-refractivity contribution in [1.29, 1.82) is 0 Å². The Morgan fingerprint density at radius 2 is 2.28 bits per heavy atom. The highest BCUT2D eigenvalue weighted by Gasteiger charge is 2.25. The average molecular weight is 419 g/mol. The summed E-state index contributed by atoms with van der Waals surface area (Å²) in [5.74, 6) is 0.732. The van der Waals surface area contributed by atoms with Gasteiger partial charge in [-0.3, -0.25) is 9.48 Å². The zero-order valence-corrected chi connectivity index (χ0v) is 18.1. The van der Waals surface area contributed by atoms with Gasteiger partial charge in [-0.15, -0.1) is 11.3 Å². The van der Waals surface area contributed by atoms with Gasteiger partial charge in [0, 0.05) is 56.3 Å². The average Bonchev–Trinajstić information content (AvgIpc) is 3.34. The Morgan fingerprint density at radius 1 is 1.45 bits per heavy atom. The van der Waals surface area contributed by atoms with Gasteiger partial charge in [0.05, 0.1) is 12.7 Å². The Kier molecular flexibility index (Phi) is 6.92. The molecule has 0 saturated heterocycles. The molecule has 0 aliphatic carbocycles. The molecule has 3 N–H and O–H groups in total. The minimum atomic E-state index is -1.11. The predicted molar refractivity (Wildman–Crippen MR) is 115 cm³/mol. The molecule has 2 aromatic heterocycles. The maximum Gasteiger partial charge on any atom is 0.224 e. The second-order valence-electron chi connectivity index (χ2n) is 7.48. The van der Waals surface area contributed by atoms with Crippen molar-refractivity contribution in [3.05, 3.63) is 39.8 Å². The van der Waals surface area contributed by atoms with Crippen molar-refractivity contribution in [2.24, 2.45) is 12.0 Å². The van der Waals surface area contributed by atoms with E-state index in [4.69, 9.17) is 0 Å². The van der Waals surface area contributed by atoms with Gasteiger partial charge in [-0.25, -0.2) is 4.99 Å². The zero-order valence-electron chi connectivity index (χ0n) is 17.3. The summed E-state index contributed by atoms with van der Waals surface area (Å²) >= 11 is 1.77. The molecular weight excluding hydrogens is 388 g/mol. The number of thiophene rings is 1. The number of nitrogens with zero attached hydrogens (tertiary/aromatic N) is 4. The van der Waals surface area contributed by atoms with E-state index in [1.54, 1.807) is 35.3 Å². The number of hydrogen-bond donors (Lipinski definition) is 3. The Labute approximate surface area is 175 Å². The number of aliphatic hydroxyl groups is 1. The summed E-state index contributed by atoms with van der Waals surface area (Å²) in [5.41, 5.74) is 0.876. The molecule has 1 amide bonds. The fourth-order valence-electron chi connectivity index (χ4n) is 3.27. The molecular formula is C20H30N6O2S. The number of fused-ring (bicyclic) bond motifs is 1. The van der Waals surface area contributed by atoms with Crippen molar-refractivity contribution in [1.82, 2.24) is 25.3 Å². The number of carbonyl (C=O) groups excluding carboxylic acids is 1. The van der Waals surface area contributed by atoms with Gasteiger partial charge in [0.2, 0.25) is 5.91 Å². The van der Waals surface area contributed by atoms with Crippen LogP contribution in [0.3, 0.4) is 0 Å². The van der Waals surface area contributed by atoms with Crippen LogP contribution in [-0.4, -0.2) is 57.8 Å². The highest BCUT2D eigenvalue weighted by Crippen LogP contribution is 2.24. The summed E-state index contributed by atoms with van der Waals surface area (Å²) in [6.45, 7) is 6.57. The number of aliphatic imine (C=N–C) groups is 1. The maximum atomic E-state index is 12.6. The van der Waals surface area contributed by atoms with Gasteiger partial charge in [0.1, 0.15) is 5.60 Å². The fourth-order valence-corrected chi connectivity index (χ4v) is 4.16. The molecule has 0 spiro atoms. The molecule has 2 aromatic rings. The molecule has 1 unspecified atom stereocenters.